The van der Waals surface area contributed by atoms with E-state index in [1.807, 2.05) is 36.5 Å². The summed E-state index contributed by atoms with van der Waals surface area (Å²) >= 11 is 0. The molecule has 2 aliphatic carbocycles. The Labute approximate surface area is 250 Å². The van der Waals surface area contributed by atoms with Gasteiger partial charge in [0.05, 0.1) is 16.7 Å². The molecule has 0 unspecified atom stereocenters. The van der Waals surface area contributed by atoms with E-state index >= 15 is 0 Å². The van der Waals surface area contributed by atoms with Crippen LogP contribution < -0.4 is 10.6 Å². The maximum Gasteiger partial charge on any atom is 0.328 e. The Morgan fingerprint density at radius 1 is 1.02 bits per heavy atom. The lowest BCUT2D eigenvalue weighted by atomic mass is 9.85. The van der Waals surface area contributed by atoms with E-state index in [9.17, 15) is 14.4 Å². The van der Waals surface area contributed by atoms with Crippen LogP contribution in [0.15, 0.2) is 66.9 Å². The van der Waals surface area contributed by atoms with Gasteiger partial charge in [-0.05, 0) is 85.7 Å². The number of imidazole rings is 1. The molecule has 2 fully saturated rings. The number of rotatable bonds is 8. The van der Waals surface area contributed by atoms with Gasteiger partial charge < -0.3 is 25.3 Å². The van der Waals surface area contributed by atoms with Gasteiger partial charge in [-0.25, -0.2) is 9.78 Å². The molecule has 0 saturated heterocycles. The van der Waals surface area contributed by atoms with E-state index in [1.54, 1.807) is 24.3 Å². The van der Waals surface area contributed by atoms with E-state index in [2.05, 4.69) is 27.1 Å². The summed E-state index contributed by atoms with van der Waals surface area (Å²) in [7, 11) is 0. The van der Waals surface area contributed by atoms with E-state index in [1.165, 1.54) is 25.3 Å². The van der Waals surface area contributed by atoms with E-state index in [4.69, 9.17) is 10.1 Å². The summed E-state index contributed by atoms with van der Waals surface area (Å²) < 4.78 is 2.35. The number of carboxylic acid groups (broad SMARTS) is 1. The Morgan fingerprint density at radius 3 is 2.49 bits per heavy atom. The fraction of sp³-hybridized carbons (Fsp3) is 0.353. The first-order chi connectivity index (χ1) is 20.8. The second-order valence-corrected chi connectivity index (χ2v) is 11.9. The van der Waals surface area contributed by atoms with Crippen LogP contribution in [0.1, 0.15) is 80.3 Å². The maximum absolute atomic E-state index is 13.7. The van der Waals surface area contributed by atoms with E-state index < -0.39 is 11.5 Å². The highest BCUT2D eigenvalue weighted by Gasteiger charge is 2.42. The fourth-order valence-electron chi connectivity index (χ4n) is 6.69. The van der Waals surface area contributed by atoms with Crippen molar-refractivity contribution >= 4 is 40.6 Å². The van der Waals surface area contributed by atoms with Crippen molar-refractivity contribution in [2.75, 3.05) is 5.32 Å². The van der Waals surface area contributed by atoms with Crippen molar-refractivity contribution in [3.8, 4) is 11.5 Å². The zero-order valence-corrected chi connectivity index (χ0v) is 24.3. The summed E-state index contributed by atoms with van der Waals surface area (Å²) in [4.78, 5) is 46.3. The van der Waals surface area contributed by atoms with Crippen LogP contribution in [-0.2, 0) is 9.59 Å². The highest BCUT2D eigenvalue weighted by molar-refractivity contribution is 6.05. The summed E-state index contributed by atoms with van der Waals surface area (Å²) in [5.74, 6) is -0.162. The first kappa shape index (κ1) is 28.5. The van der Waals surface area contributed by atoms with Gasteiger partial charge in [-0.15, -0.1) is 0 Å². The molecule has 43 heavy (non-hydrogen) atoms. The number of hydrogen-bond acceptors (Lipinski definition) is 4. The minimum absolute atomic E-state index is 0.252. The highest BCUT2D eigenvalue weighted by Crippen LogP contribution is 2.39. The number of aromatic nitrogens is 3. The van der Waals surface area contributed by atoms with Crippen LogP contribution in [0.3, 0.4) is 0 Å². The van der Waals surface area contributed by atoms with Gasteiger partial charge in [0.2, 0.25) is 5.91 Å². The third-order valence-electron chi connectivity index (χ3n) is 9.02. The van der Waals surface area contributed by atoms with Gasteiger partial charge in [-0.1, -0.05) is 44.7 Å². The van der Waals surface area contributed by atoms with Crippen LogP contribution in [0.5, 0.6) is 0 Å². The number of benzene rings is 2. The van der Waals surface area contributed by atoms with Crippen molar-refractivity contribution in [3.63, 3.8) is 0 Å². The van der Waals surface area contributed by atoms with Gasteiger partial charge >= 0.3 is 5.97 Å². The Balaban J connectivity index is 1.25. The van der Waals surface area contributed by atoms with E-state index in [0.717, 1.165) is 47.9 Å². The Kier molecular flexibility index (Phi) is 7.88. The van der Waals surface area contributed by atoms with Gasteiger partial charge in [0.25, 0.3) is 5.91 Å². The van der Waals surface area contributed by atoms with E-state index in [-0.39, 0.29) is 11.8 Å². The number of aliphatic carboxylic acids is 1. The predicted molar refractivity (Wildman–Crippen MR) is 167 cm³/mol. The first-order valence-electron chi connectivity index (χ1n) is 15.1. The largest absolute Gasteiger partial charge is 0.478 e. The molecule has 2 amide bonds. The van der Waals surface area contributed by atoms with Crippen LogP contribution in [-0.4, -0.2) is 43.0 Å². The molecule has 9 heteroatoms. The van der Waals surface area contributed by atoms with Crippen LogP contribution >= 0.6 is 0 Å². The molecule has 2 aromatic heterocycles. The molecule has 2 atom stereocenters. The van der Waals surface area contributed by atoms with Crippen molar-refractivity contribution in [3.05, 3.63) is 78.0 Å². The van der Waals surface area contributed by atoms with Gasteiger partial charge in [0.1, 0.15) is 5.54 Å². The van der Waals surface area contributed by atoms with Crippen LogP contribution in [0.4, 0.5) is 5.69 Å². The third kappa shape index (κ3) is 5.84. The number of anilines is 1. The zero-order valence-electron chi connectivity index (χ0n) is 24.3. The molecule has 9 nitrogen and oxygen atoms in total. The molecule has 0 radical (unpaired) electrons. The number of H-pyrrole nitrogens is 1. The van der Waals surface area contributed by atoms with Gasteiger partial charge in [-0.3, -0.25) is 9.59 Å². The molecule has 4 aromatic rings. The lowest BCUT2D eigenvalue weighted by Gasteiger charge is -2.31. The SMILES string of the molecule is C[C@@H]1CCCC[C@H]1n1c(-c2ccc[nH]2)nc2cc(C(=O)NC3(C(=O)Nc4ccc(/C=C/C(=O)O)cc4)CCCC3)ccc21. The molecule has 2 saturated carbocycles. The van der Waals surface area contributed by atoms with Crippen LogP contribution in [0, 0.1) is 5.92 Å². The number of carbonyl (C=O) groups is 3. The first-order valence-corrected chi connectivity index (χ1v) is 15.1. The summed E-state index contributed by atoms with van der Waals surface area (Å²) in [6.07, 6.45) is 12.0. The number of carboxylic acids is 1. The summed E-state index contributed by atoms with van der Waals surface area (Å²) in [6.45, 7) is 2.31. The third-order valence-corrected chi connectivity index (χ3v) is 9.02. The number of nitrogens with zero attached hydrogens (tertiary/aromatic N) is 2. The molecule has 0 spiro atoms. The molecule has 2 heterocycles. The number of carbonyl (C=O) groups excluding carboxylic acids is 2. The molecule has 6 rings (SSSR count). The molecule has 2 aromatic carbocycles. The minimum Gasteiger partial charge on any atom is -0.478 e. The summed E-state index contributed by atoms with van der Waals surface area (Å²) in [5, 5.41) is 14.9. The van der Waals surface area contributed by atoms with Crippen molar-refractivity contribution in [1.29, 1.82) is 0 Å². The monoisotopic (exact) mass is 579 g/mol. The number of hydrogen-bond donors (Lipinski definition) is 4. The van der Waals surface area contributed by atoms with Crippen molar-refractivity contribution < 1.29 is 19.5 Å². The van der Waals surface area contributed by atoms with Gasteiger partial charge in [0, 0.05) is 29.6 Å². The predicted octanol–water partition coefficient (Wildman–Crippen LogP) is 6.56. The normalized spacial score (nSPS) is 19.9. The smallest absolute Gasteiger partial charge is 0.328 e. The topological polar surface area (TPSA) is 129 Å². The lowest BCUT2D eigenvalue weighted by molar-refractivity contribution is -0.131. The maximum atomic E-state index is 13.7. The zero-order chi connectivity index (χ0) is 30.0. The Morgan fingerprint density at radius 2 is 1.79 bits per heavy atom. The minimum atomic E-state index is -1.02. The molecule has 222 valence electrons. The average molecular weight is 580 g/mol. The van der Waals surface area contributed by atoms with Gasteiger partial charge in [-0.2, -0.15) is 0 Å². The van der Waals surface area contributed by atoms with Crippen molar-refractivity contribution in [1.82, 2.24) is 19.9 Å². The van der Waals surface area contributed by atoms with Crippen molar-refractivity contribution in [2.45, 2.75) is 69.9 Å². The molecule has 4 N–H and O–H groups in total. The fourth-order valence-corrected chi connectivity index (χ4v) is 6.69. The number of amides is 2. The molecular formula is C34H37N5O4. The summed E-state index contributed by atoms with van der Waals surface area (Å²) in [6, 6.07) is 16.9. The number of fused-ring (bicyclic) bond motifs is 1. The quantitative estimate of drug-likeness (QED) is 0.176. The van der Waals surface area contributed by atoms with Gasteiger partial charge in [0.15, 0.2) is 5.82 Å². The number of aromatic amines is 1. The average Bonchev–Trinajstić information content (AvgIpc) is 3.77. The second-order valence-electron chi connectivity index (χ2n) is 11.9. The number of nitrogens with one attached hydrogen (secondary N) is 3. The van der Waals surface area contributed by atoms with Crippen LogP contribution in [0.2, 0.25) is 0 Å². The molecular weight excluding hydrogens is 542 g/mol. The highest BCUT2D eigenvalue weighted by atomic mass is 16.4. The lowest BCUT2D eigenvalue weighted by Crippen LogP contribution is -2.55. The van der Waals surface area contributed by atoms with E-state index in [0.29, 0.717) is 41.6 Å². The molecule has 0 bridgehead atoms. The van der Waals surface area contributed by atoms with Crippen LogP contribution in [0.25, 0.3) is 28.6 Å². The Bertz CT molecular complexity index is 1660. The van der Waals surface area contributed by atoms with Crippen molar-refractivity contribution in [2.24, 2.45) is 5.92 Å². The Hall–Kier alpha value is -4.66. The molecule has 2 aliphatic rings. The molecule has 0 aliphatic heterocycles. The standard InChI is InChI=1S/C34H37N5O4/c1-22-7-2-3-9-28(22)39-29-16-13-24(21-27(29)37-31(39)26-8-6-20-35-26)32(42)38-34(18-4-5-19-34)33(43)36-25-14-10-23(11-15-25)12-17-30(40)41/h6,8,10-17,20-22,28,35H,2-5,7,9,18-19H2,1H3,(H,36,43)(H,38,42)(H,40,41)/b17-12+/t22-,28-/m1/s1. The second kappa shape index (κ2) is 11.9. The summed E-state index contributed by atoms with van der Waals surface area (Å²) in [5.41, 5.74) is 3.47.